The van der Waals surface area contributed by atoms with Gasteiger partial charge in [0.15, 0.2) is 5.76 Å². The zero-order valence-electron chi connectivity index (χ0n) is 16.8. The molecule has 0 unspecified atom stereocenters. The maximum absolute atomic E-state index is 13.6. The molecule has 29 heavy (non-hydrogen) atoms. The standard InChI is InChI=1S/C23H25FN2O2S/c1-15-16(2)29-23(25-22(27)19-7-6-14-28-19)20(15)21(26-12-4-3-5-13-26)17-8-10-18(24)11-9-17/h6-11,14,21H,3-5,12-13H2,1-2H3,(H,25,27)/p+1/t21-/m1/s1. The quantitative estimate of drug-likeness (QED) is 0.647. The van der Waals surface area contributed by atoms with Crippen molar-refractivity contribution in [3.05, 3.63) is 75.8 Å². The third kappa shape index (κ3) is 4.14. The molecule has 2 N–H and O–H groups in total. The van der Waals surface area contributed by atoms with Crippen LogP contribution in [0.1, 0.15) is 57.4 Å². The van der Waals surface area contributed by atoms with E-state index in [2.05, 4.69) is 19.2 Å². The van der Waals surface area contributed by atoms with Crippen LogP contribution in [-0.4, -0.2) is 19.0 Å². The molecule has 6 heteroatoms. The summed E-state index contributed by atoms with van der Waals surface area (Å²) in [4.78, 5) is 15.3. The highest BCUT2D eigenvalue weighted by Crippen LogP contribution is 2.38. The van der Waals surface area contributed by atoms with Crippen LogP contribution in [0, 0.1) is 19.7 Å². The molecule has 0 saturated carbocycles. The number of hydrogen-bond acceptors (Lipinski definition) is 3. The molecule has 3 heterocycles. The molecule has 2 aromatic heterocycles. The number of nitrogens with one attached hydrogen (secondary N) is 2. The second-order valence-corrected chi connectivity index (χ2v) is 8.89. The molecule has 4 rings (SSSR count). The lowest BCUT2D eigenvalue weighted by molar-refractivity contribution is -0.930. The molecular weight excluding hydrogens is 387 g/mol. The highest BCUT2D eigenvalue weighted by molar-refractivity contribution is 7.16. The molecule has 1 fully saturated rings. The molecular formula is C23H26FN2O2S+. The van der Waals surface area contributed by atoms with E-state index in [4.69, 9.17) is 4.42 Å². The van der Waals surface area contributed by atoms with Crippen molar-refractivity contribution in [2.45, 2.75) is 39.2 Å². The molecule has 0 bridgehead atoms. The maximum atomic E-state index is 13.6. The van der Waals surface area contributed by atoms with Crippen molar-refractivity contribution in [1.29, 1.82) is 0 Å². The predicted molar refractivity (Wildman–Crippen MR) is 113 cm³/mol. The number of likely N-dealkylation sites (tertiary alicyclic amines) is 1. The number of halogens is 1. The van der Waals surface area contributed by atoms with Gasteiger partial charge < -0.3 is 14.6 Å². The van der Waals surface area contributed by atoms with Gasteiger partial charge in [0.1, 0.15) is 16.9 Å². The number of piperidine rings is 1. The van der Waals surface area contributed by atoms with Gasteiger partial charge in [-0.15, -0.1) is 11.3 Å². The number of benzene rings is 1. The number of thiophene rings is 1. The zero-order chi connectivity index (χ0) is 20.4. The molecule has 1 aromatic carbocycles. The second kappa shape index (κ2) is 8.51. The minimum atomic E-state index is -0.246. The van der Waals surface area contributed by atoms with Gasteiger partial charge in [-0.2, -0.15) is 0 Å². The van der Waals surface area contributed by atoms with Gasteiger partial charge in [-0.25, -0.2) is 4.39 Å². The molecule has 152 valence electrons. The van der Waals surface area contributed by atoms with Crippen LogP contribution in [0.4, 0.5) is 9.39 Å². The Morgan fingerprint density at radius 2 is 1.86 bits per heavy atom. The first kappa shape index (κ1) is 19.9. The van der Waals surface area contributed by atoms with Crippen molar-refractivity contribution < 1.29 is 18.5 Å². The topological polar surface area (TPSA) is 46.7 Å². The Hall–Kier alpha value is -2.44. The second-order valence-electron chi connectivity index (χ2n) is 7.66. The largest absolute Gasteiger partial charge is 0.459 e. The van der Waals surface area contributed by atoms with E-state index < -0.39 is 0 Å². The average Bonchev–Trinajstić information content (AvgIpc) is 3.35. The Balaban J connectivity index is 1.77. The number of carbonyl (C=O) groups excluding carboxylic acids is 1. The Labute approximate surface area is 174 Å². The van der Waals surface area contributed by atoms with Crippen LogP contribution in [0.2, 0.25) is 0 Å². The summed E-state index contributed by atoms with van der Waals surface area (Å²) in [6.07, 6.45) is 5.12. The van der Waals surface area contributed by atoms with E-state index in [1.807, 2.05) is 12.1 Å². The van der Waals surface area contributed by atoms with Gasteiger partial charge >= 0.3 is 0 Å². The number of furan rings is 1. The van der Waals surface area contributed by atoms with Gasteiger partial charge in [0.05, 0.1) is 24.9 Å². The van der Waals surface area contributed by atoms with E-state index in [-0.39, 0.29) is 17.8 Å². The molecule has 1 saturated heterocycles. The zero-order valence-corrected chi connectivity index (χ0v) is 17.6. The fourth-order valence-corrected chi connectivity index (χ4v) is 5.31. The number of rotatable bonds is 5. The van der Waals surface area contributed by atoms with Crippen LogP contribution in [0.3, 0.4) is 0 Å². The van der Waals surface area contributed by atoms with Gasteiger partial charge in [-0.1, -0.05) is 0 Å². The van der Waals surface area contributed by atoms with Crippen LogP contribution in [-0.2, 0) is 0 Å². The van der Waals surface area contributed by atoms with Crippen LogP contribution >= 0.6 is 11.3 Å². The lowest BCUT2D eigenvalue weighted by atomic mass is 9.93. The Morgan fingerprint density at radius 1 is 1.14 bits per heavy atom. The third-order valence-electron chi connectivity index (χ3n) is 5.80. The Morgan fingerprint density at radius 3 is 2.52 bits per heavy atom. The van der Waals surface area contributed by atoms with Crippen molar-refractivity contribution in [1.82, 2.24) is 0 Å². The summed E-state index contributed by atoms with van der Waals surface area (Å²) in [5.41, 5.74) is 3.41. The molecule has 0 spiro atoms. The van der Waals surface area contributed by atoms with Crippen LogP contribution in [0.15, 0.2) is 47.1 Å². The number of anilines is 1. The summed E-state index contributed by atoms with van der Waals surface area (Å²) in [5, 5.41) is 3.93. The fourth-order valence-electron chi connectivity index (χ4n) is 4.21. The van der Waals surface area contributed by atoms with Crippen molar-refractivity contribution >= 4 is 22.2 Å². The van der Waals surface area contributed by atoms with Crippen molar-refractivity contribution in [2.24, 2.45) is 0 Å². The Kier molecular flexibility index (Phi) is 5.83. The maximum Gasteiger partial charge on any atom is 0.291 e. The van der Waals surface area contributed by atoms with Gasteiger partial charge in [0, 0.05) is 10.4 Å². The van der Waals surface area contributed by atoms with Crippen LogP contribution in [0.5, 0.6) is 0 Å². The summed E-state index contributed by atoms with van der Waals surface area (Å²) in [5.74, 6) is -0.182. The molecule has 0 radical (unpaired) electrons. The van der Waals surface area contributed by atoms with Crippen molar-refractivity contribution in [3.63, 3.8) is 0 Å². The highest BCUT2D eigenvalue weighted by Gasteiger charge is 2.33. The minimum absolute atomic E-state index is 0.0627. The molecule has 1 aliphatic rings. The minimum Gasteiger partial charge on any atom is -0.459 e. The fraction of sp³-hybridized carbons (Fsp3) is 0.348. The molecule has 0 aliphatic carbocycles. The number of amides is 1. The number of hydrogen-bond donors (Lipinski definition) is 2. The summed E-state index contributed by atoms with van der Waals surface area (Å²) < 4.78 is 18.9. The lowest BCUT2D eigenvalue weighted by Crippen LogP contribution is -3.13. The van der Waals surface area contributed by atoms with E-state index in [1.165, 1.54) is 53.0 Å². The molecule has 1 amide bonds. The highest BCUT2D eigenvalue weighted by atomic mass is 32.1. The number of quaternary nitrogens is 1. The summed E-state index contributed by atoms with van der Waals surface area (Å²) in [7, 11) is 0. The van der Waals surface area contributed by atoms with E-state index >= 15 is 0 Å². The smallest absolute Gasteiger partial charge is 0.291 e. The molecule has 1 atom stereocenters. The van der Waals surface area contributed by atoms with Crippen LogP contribution in [0.25, 0.3) is 0 Å². The summed E-state index contributed by atoms with van der Waals surface area (Å²) >= 11 is 1.60. The molecule has 1 aliphatic heterocycles. The van der Waals surface area contributed by atoms with Crippen molar-refractivity contribution in [3.8, 4) is 0 Å². The van der Waals surface area contributed by atoms with Gasteiger partial charge in [0.25, 0.3) is 5.91 Å². The summed E-state index contributed by atoms with van der Waals surface area (Å²) in [6, 6.07) is 10.3. The van der Waals surface area contributed by atoms with E-state index in [9.17, 15) is 9.18 Å². The number of carbonyl (C=O) groups is 1. The Bertz CT molecular complexity index is 973. The normalized spacial score (nSPS) is 16.0. The van der Waals surface area contributed by atoms with Crippen molar-refractivity contribution in [2.75, 3.05) is 18.4 Å². The average molecular weight is 414 g/mol. The predicted octanol–water partition coefficient (Wildman–Crippen LogP) is 4.51. The SMILES string of the molecule is Cc1sc(NC(=O)c2ccco2)c([C@@H](c2ccc(F)cc2)[NH+]2CCCCC2)c1C. The third-order valence-corrected chi connectivity index (χ3v) is 6.94. The molecule has 3 aromatic rings. The lowest BCUT2D eigenvalue weighted by Gasteiger charge is -2.32. The van der Waals surface area contributed by atoms with E-state index in [0.717, 1.165) is 29.2 Å². The first-order valence-electron chi connectivity index (χ1n) is 10.1. The van der Waals surface area contributed by atoms with Gasteiger partial charge in [0.2, 0.25) is 0 Å². The first-order chi connectivity index (χ1) is 14.0. The van der Waals surface area contributed by atoms with Crippen LogP contribution < -0.4 is 10.2 Å². The van der Waals surface area contributed by atoms with Gasteiger partial charge in [-0.05, 0) is 75.1 Å². The van der Waals surface area contributed by atoms with Gasteiger partial charge in [-0.3, -0.25) is 4.79 Å². The van der Waals surface area contributed by atoms with E-state index in [1.54, 1.807) is 23.5 Å². The summed E-state index contributed by atoms with van der Waals surface area (Å²) in [6.45, 7) is 6.34. The van der Waals surface area contributed by atoms with E-state index in [0.29, 0.717) is 5.76 Å². The molecule has 4 nitrogen and oxygen atoms in total. The monoisotopic (exact) mass is 413 g/mol. The first-order valence-corrected chi connectivity index (χ1v) is 10.9. The number of aryl methyl sites for hydroxylation is 1.